The molecule has 1 fully saturated rings. The summed E-state index contributed by atoms with van der Waals surface area (Å²) in [6, 6.07) is 11.7. The van der Waals surface area contributed by atoms with E-state index < -0.39 is 23.0 Å². The molecule has 1 aliphatic heterocycles. The van der Waals surface area contributed by atoms with Crippen LogP contribution in [0.15, 0.2) is 54.7 Å². The van der Waals surface area contributed by atoms with Crippen LogP contribution in [0, 0.1) is 5.82 Å². The van der Waals surface area contributed by atoms with E-state index in [0.717, 1.165) is 12.1 Å². The van der Waals surface area contributed by atoms with Gasteiger partial charge in [0.05, 0.1) is 28.3 Å². The summed E-state index contributed by atoms with van der Waals surface area (Å²) in [4.78, 5) is 21.9. The number of aromatic nitrogens is 1. The average Bonchev–Trinajstić information content (AvgIpc) is 2.93. The number of ether oxygens (including phenoxy) is 1. The first kappa shape index (κ1) is 30.6. The summed E-state index contributed by atoms with van der Waals surface area (Å²) in [5, 5.41) is 2.96. The first-order valence-corrected chi connectivity index (χ1v) is 13.8. The molecule has 1 amide bonds. The van der Waals surface area contributed by atoms with Gasteiger partial charge in [-0.05, 0) is 75.8 Å². The van der Waals surface area contributed by atoms with E-state index in [1.165, 1.54) is 18.3 Å². The van der Waals surface area contributed by atoms with Gasteiger partial charge in [0.1, 0.15) is 17.3 Å². The van der Waals surface area contributed by atoms with Crippen molar-refractivity contribution in [2.24, 2.45) is 0 Å². The lowest BCUT2D eigenvalue weighted by Gasteiger charge is -2.42. The molecule has 3 aromatic rings. The van der Waals surface area contributed by atoms with Crippen molar-refractivity contribution in [1.29, 1.82) is 0 Å². The molecule has 2 aromatic carbocycles. The monoisotopic (exact) mass is 592 g/mol. The summed E-state index contributed by atoms with van der Waals surface area (Å²) < 4.78 is 60.7. The highest BCUT2D eigenvalue weighted by atomic mass is 35.5. The van der Waals surface area contributed by atoms with E-state index in [1.807, 2.05) is 30.8 Å². The molecule has 220 valence electrons. The fraction of sp³-hybridized carbons (Fsp3) is 0.400. The van der Waals surface area contributed by atoms with Crippen molar-refractivity contribution in [1.82, 2.24) is 15.2 Å². The van der Waals surface area contributed by atoms with Crippen molar-refractivity contribution >= 4 is 23.2 Å². The second-order valence-electron chi connectivity index (χ2n) is 10.3. The number of hydrogen-bond acceptors (Lipinski definition) is 5. The van der Waals surface area contributed by atoms with Crippen molar-refractivity contribution in [3.8, 4) is 17.0 Å². The van der Waals surface area contributed by atoms with E-state index in [4.69, 9.17) is 16.3 Å². The molecule has 0 unspecified atom stereocenters. The van der Waals surface area contributed by atoms with Crippen molar-refractivity contribution < 1.29 is 27.1 Å². The van der Waals surface area contributed by atoms with Gasteiger partial charge in [-0.1, -0.05) is 23.7 Å². The molecule has 1 N–H and O–H groups in total. The average molecular weight is 593 g/mol. The number of anilines is 1. The normalized spacial score (nSPS) is 15.2. The highest BCUT2D eigenvalue weighted by Gasteiger charge is 2.44. The lowest BCUT2D eigenvalue weighted by atomic mass is 9.72. The van der Waals surface area contributed by atoms with Crippen LogP contribution in [0.3, 0.4) is 0 Å². The summed E-state index contributed by atoms with van der Waals surface area (Å²) in [6.45, 7) is 3.91. The second-order valence-corrected chi connectivity index (χ2v) is 10.7. The Morgan fingerprint density at radius 2 is 1.85 bits per heavy atom. The zero-order chi connectivity index (χ0) is 29.8. The van der Waals surface area contributed by atoms with Crippen LogP contribution in [0.1, 0.15) is 30.9 Å². The van der Waals surface area contributed by atoms with Crippen molar-refractivity contribution in [2.75, 3.05) is 51.8 Å². The molecule has 0 atom stereocenters. The SMILES string of the molecule is CCOc1ccccc1-c1ncc(C2(C(=O)NCCN(C)C)CCN(c3ccc(C(F)(F)F)cc3Cl)CC2)cc1F. The molecule has 0 bridgehead atoms. The van der Waals surface area contributed by atoms with Crippen molar-refractivity contribution in [2.45, 2.75) is 31.4 Å². The number of amides is 1. The van der Waals surface area contributed by atoms with Crippen LogP contribution in [0.4, 0.5) is 23.2 Å². The number of nitrogens with zero attached hydrogens (tertiary/aromatic N) is 3. The summed E-state index contributed by atoms with van der Waals surface area (Å²) >= 11 is 6.25. The second kappa shape index (κ2) is 12.7. The Morgan fingerprint density at radius 3 is 2.46 bits per heavy atom. The number of carbonyl (C=O) groups is 1. The van der Waals surface area contributed by atoms with Crippen LogP contribution in [-0.2, 0) is 16.4 Å². The number of benzene rings is 2. The summed E-state index contributed by atoms with van der Waals surface area (Å²) in [6.07, 6.45) is -2.40. The number of alkyl halides is 3. The van der Waals surface area contributed by atoms with Crippen LogP contribution in [0.2, 0.25) is 5.02 Å². The lowest BCUT2D eigenvalue weighted by Crippen LogP contribution is -2.52. The summed E-state index contributed by atoms with van der Waals surface area (Å²) in [5.41, 5.74) is -0.399. The zero-order valence-corrected chi connectivity index (χ0v) is 23.9. The van der Waals surface area contributed by atoms with Gasteiger partial charge in [0.25, 0.3) is 0 Å². The molecule has 2 heterocycles. The maximum Gasteiger partial charge on any atom is 0.416 e. The maximum atomic E-state index is 15.7. The number of likely N-dealkylation sites (N-methyl/N-ethyl adjacent to an activating group) is 1. The van der Waals surface area contributed by atoms with Gasteiger partial charge in [-0.25, -0.2) is 4.39 Å². The Bertz CT molecular complexity index is 1370. The van der Waals surface area contributed by atoms with Gasteiger partial charge in [0, 0.05) is 37.9 Å². The molecule has 11 heteroatoms. The molecule has 6 nitrogen and oxygen atoms in total. The molecular formula is C30H33ClF4N4O2. The van der Waals surface area contributed by atoms with E-state index in [1.54, 1.807) is 24.3 Å². The third-order valence-corrected chi connectivity index (χ3v) is 7.65. The van der Waals surface area contributed by atoms with Gasteiger partial charge >= 0.3 is 6.18 Å². The topological polar surface area (TPSA) is 57.7 Å². The first-order valence-electron chi connectivity index (χ1n) is 13.4. The predicted molar refractivity (Wildman–Crippen MR) is 152 cm³/mol. The predicted octanol–water partition coefficient (Wildman–Crippen LogP) is 6.17. The minimum Gasteiger partial charge on any atom is -0.493 e. The van der Waals surface area contributed by atoms with Crippen LogP contribution in [0.25, 0.3) is 11.3 Å². The van der Waals surface area contributed by atoms with Gasteiger partial charge in [0.15, 0.2) is 0 Å². The number of halogens is 5. The quantitative estimate of drug-likeness (QED) is 0.301. The molecule has 41 heavy (non-hydrogen) atoms. The van der Waals surface area contributed by atoms with E-state index >= 15 is 4.39 Å². The number of hydrogen-bond donors (Lipinski definition) is 1. The fourth-order valence-corrected chi connectivity index (χ4v) is 5.42. The number of carbonyl (C=O) groups excluding carboxylic acids is 1. The molecular weight excluding hydrogens is 560 g/mol. The van der Waals surface area contributed by atoms with Gasteiger partial charge in [-0.2, -0.15) is 13.2 Å². The highest BCUT2D eigenvalue weighted by molar-refractivity contribution is 6.33. The summed E-state index contributed by atoms with van der Waals surface area (Å²) in [5.74, 6) is -0.323. The van der Waals surface area contributed by atoms with E-state index in [2.05, 4.69) is 10.3 Å². The molecule has 1 aliphatic rings. The smallest absolute Gasteiger partial charge is 0.416 e. The van der Waals surface area contributed by atoms with Gasteiger partial charge < -0.3 is 19.9 Å². The van der Waals surface area contributed by atoms with Crippen LogP contribution in [-0.4, -0.2) is 62.7 Å². The number of rotatable bonds is 9. The molecule has 0 saturated carbocycles. The maximum absolute atomic E-state index is 15.7. The Labute approximate surface area is 242 Å². The molecule has 1 aromatic heterocycles. The van der Waals surface area contributed by atoms with Crippen LogP contribution < -0.4 is 15.0 Å². The van der Waals surface area contributed by atoms with Crippen molar-refractivity contribution in [3.63, 3.8) is 0 Å². The zero-order valence-electron chi connectivity index (χ0n) is 23.2. The Balaban J connectivity index is 1.65. The van der Waals surface area contributed by atoms with Crippen LogP contribution >= 0.6 is 11.6 Å². The number of nitrogens with one attached hydrogen (secondary N) is 1. The molecule has 0 aliphatic carbocycles. The van der Waals surface area contributed by atoms with Gasteiger partial charge in [-0.15, -0.1) is 0 Å². The Hall–Kier alpha value is -3.37. The minimum absolute atomic E-state index is 0.0206. The third kappa shape index (κ3) is 6.76. The van der Waals surface area contributed by atoms with E-state index in [9.17, 15) is 18.0 Å². The van der Waals surface area contributed by atoms with E-state index in [-0.39, 0.29) is 29.5 Å². The summed E-state index contributed by atoms with van der Waals surface area (Å²) in [7, 11) is 3.79. The fourth-order valence-electron chi connectivity index (χ4n) is 5.12. The lowest BCUT2D eigenvalue weighted by molar-refractivity contribution is -0.137. The largest absolute Gasteiger partial charge is 0.493 e. The van der Waals surface area contributed by atoms with Gasteiger partial charge in [0.2, 0.25) is 5.91 Å². The Morgan fingerprint density at radius 1 is 1.15 bits per heavy atom. The number of pyridine rings is 1. The van der Waals surface area contributed by atoms with Crippen molar-refractivity contribution in [3.05, 3.63) is 76.7 Å². The Kier molecular flexibility index (Phi) is 9.44. The minimum atomic E-state index is -4.50. The molecule has 0 spiro atoms. The number of piperidine rings is 1. The molecule has 0 radical (unpaired) electrons. The first-order chi connectivity index (χ1) is 19.5. The molecule has 4 rings (SSSR count). The number of para-hydroxylation sites is 1. The van der Waals surface area contributed by atoms with Gasteiger partial charge in [-0.3, -0.25) is 9.78 Å². The molecule has 1 saturated heterocycles. The van der Waals surface area contributed by atoms with Crippen LogP contribution in [0.5, 0.6) is 5.75 Å². The van der Waals surface area contributed by atoms with E-state index in [0.29, 0.717) is 55.3 Å². The standard InChI is InChI=1S/C30H33ClF4N4O2/c1-4-41-26-8-6-5-7-22(26)27-24(32)18-21(19-37-27)29(28(40)36-13-16-38(2)3)11-14-39(15-12-29)25-10-9-20(17-23(25)31)30(33,34)35/h5-10,17-19H,4,11-16H2,1-3H3,(H,36,40). The highest BCUT2D eigenvalue weighted by Crippen LogP contribution is 2.41. The third-order valence-electron chi connectivity index (χ3n) is 7.35.